The molecule has 3 atom stereocenters. The molecule has 2 saturated heterocycles. The molecule has 1 aromatic carbocycles. The summed E-state index contributed by atoms with van der Waals surface area (Å²) in [7, 11) is 0. The average molecular weight is 518 g/mol. The van der Waals surface area contributed by atoms with Crippen molar-refractivity contribution in [1.29, 1.82) is 0 Å². The number of ether oxygens (including phenoxy) is 1. The highest BCUT2D eigenvalue weighted by molar-refractivity contribution is 5.97. The Kier molecular flexibility index (Phi) is 6.76. The van der Waals surface area contributed by atoms with E-state index >= 15 is 0 Å². The van der Waals surface area contributed by atoms with Crippen LogP contribution in [0.3, 0.4) is 0 Å². The number of carbonyl (C=O) groups is 2. The predicted octanol–water partition coefficient (Wildman–Crippen LogP) is 3.30. The van der Waals surface area contributed by atoms with E-state index in [-0.39, 0.29) is 35.3 Å². The van der Waals surface area contributed by atoms with Gasteiger partial charge in [-0.05, 0) is 74.8 Å². The summed E-state index contributed by atoms with van der Waals surface area (Å²) < 4.78 is 6.68. The lowest BCUT2D eigenvalue weighted by Gasteiger charge is -2.32. The highest BCUT2D eigenvalue weighted by Gasteiger charge is 2.43. The quantitative estimate of drug-likeness (QED) is 0.563. The Hall–Kier alpha value is -3.13. The van der Waals surface area contributed by atoms with E-state index in [1.165, 1.54) is 12.8 Å². The molecule has 1 aromatic heterocycles. The molecule has 1 aliphatic carbocycles. The highest BCUT2D eigenvalue weighted by atomic mass is 16.5. The van der Waals surface area contributed by atoms with Crippen molar-refractivity contribution < 1.29 is 14.3 Å². The average Bonchev–Trinajstić information content (AvgIpc) is 3.53. The van der Waals surface area contributed by atoms with E-state index < -0.39 is 0 Å². The van der Waals surface area contributed by atoms with Gasteiger partial charge in [-0.3, -0.25) is 9.59 Å². The Morgan fingerprint density at radius 1 is 1.18 bits per heavy atom. The molecule has 3 aliphatic heterocycles. The lowest BCUT2D eigenvalue weighted by atomic mass is 9.84. The Labute approximate surface area is 224 Å². The molecule has 38 heavy (non-hydrogen) atoms. The van der Waals surface area contributed by atoms with Gasteiger partial charge in [-0.1, -0.05) is 6.92 Å². The Morgan fingerprint density at radius 3 is 2.68 bits per heavy atom. The zero-order valence-corrected chi connectivity index (χ0v) is 22.5. The van der Waals surface area contributed by atoms with Gasteiger partial charge in [0.25, 0.3) is 5.91 Å². The van der Waals surface area contributed by atoms with Crippen LogP contribution in [0.5, 0.6) is 5.75 Å². The number of anilines is 1. The fraction of sp³-hybridized carbons (Fsp3) is 0.567. The van der Waals surface area contributed by atoms with Crippen molar-refractivity contribution in [2.75, 3.05) is 37.6 Å². The summed E-state index contributed by atoms with van der Waals surface area (Å²) in [5.41, 5.74) is 3.44. The van der Waals surface area contributed by atoms with Crippen molar-refractivity contribution in [2.45, 2.75) is 64.0 Å². The van der Waals surface area contributed by atoms with E-state index in [1.807, 2.05) is 25.3 Å². The molecule has 3 N–H and O–H groups in total. The maximum absolute atomic E-state index is 13.4. The molecule has 2 amide bonds. The molecule has 6 rings (SSSR count). The first kappa shape index (κ1) is 25.2. The minimum atomic E-state index is -0.212. The number of nitrogens with one attached hydrogen (secondary N) is 3. The first-order valence-electron chi connectivity index (χ1n) is 14.3. The first-order valence-corrected chi connectivity index (χ1v) is 14.3. The zero-order chi connectivity index (χ0) is 26.3. The molecule has 2 aromatic rings. The van der Waals surface area contributed by atoms with Gasteiger partial charge in [-0.15, -0.1) is 0 Å². The maximum Gasteiger partial charge on any atom is 0.251 e. The molecule has 8 nitrogen and oxygen atoms in total. The number of benzene rings is 1. The minimum Gasteiger partial charge on any atom is -0.486 e. The second-order valence-corrected chi connectivity index (χ2v) is 11.8. The molecular weight excluding hydrogens is 478 g/mol. The van der Waals surface area contributed by atoms with E-state index in [0.29, 0.717) is 12.1 Å². The number of rotatable bonds is 5. The van der Waals surface area contributed by atoms with Crippen molar-refractivity contribution >= 4 is 17.6 Å². The van der Waals surface area contributed by atoms with E-state index in [2.05, 4.69) is 39.9 Å². The van der Waals surface area contributed by atoms with Gasteiger partial charge in [0.15, 0.2) is 0 Å². The molecule has 1 saturated carbocycles. The normalized spacial score (nSPS) is 26.1. The maximum atomic E-state index is 13.4. The largest absolute Gasteiger partial charge is 0.486 e. The van der Waals surface area contributed by atoms with Crippen LogP contribution in [-0.2, 0) is 11.2 Å². The van der Waals surface area contributed by atoms with E-state index in [0.717, 1.165) is 80.1 Å². The summed E-state index contributed by atoms with van der Waals surface area (Å²) in [5.74, 6) is 1.77. The first-order chi connectivity index (χ1) is 18.4. The van der Waals surface area contributed by atoms with Crippen LogP contribution in [-0.4, -0.2) is 61.2 Å². The number of hydrogen-bond acceptors (Lipinski definition) is 6. The second kappa shape index (κ2) is 10.2. The van der Waals surface area contributed by atoms with Crippen LogP contribution >= 0.6 is 0 Å². The standard InChI is InChI=1S/C30H39N5O3/c1-19-13-20(2)34-29(37)25(19)18-33-28(36)22-14-23-16-30(7-3-4-8-30)38-27(23)24(15-22)21-5-6-26(32-17-21)35-11-9-31-10-12-35/h5-6,14-15,17,19-20,25,31H,3-4,7-13,16,18H2,1-2H3,(H,33,36)(H,34,37). The van der Waals surface area contributed by atoms with Gasteiger partial charge in [0.2, 0.25) is 5.91 Å². The predicted molar refractivity (Wildman–Crippen MR) is 147 cm³/mol. The van der Waals surface area contributed by atoms with Gasteiger partial charge in [0.05, 0.1) is 5.92 Å². The Morgan fingerprint density at radius 2 is 1.97 bits per heavy atom. The number of pyridine rings is 1. The Balaban J connectivity index is 1.27. The summed E-state index contributed by atoms with van der Waals surface area (Å²) >= 11 is 0. The third-order valence-electron chi connectivity index (χ3n) is 8.89. The van der Waals surface area contributed by atoms with Gasteiger partial charge in [-0.2, -0.15) is 0 Å². The number of nitrogens with zero attached hydrogens (tertiary/aromatic N) is 2. The van der Waals surface area contributed by atoms with E-state index in [9.17, 15) is 9.59 Å². The molecule has 0 radical (unpaired) electrons. The minimum absolute atomic E-state index is 0.0263. The fourth-order valence-corrected chi connectivity index (χ4v) is 6.80. The van der Waals surface area contributed by atoms with Crippen molar-refractivity contribution in [3.8, 4) is 16.9 Å². The fourth-order valence-electron chi connectivity index (χ4n) is 6.80. The number of amides is 2. The molecular formula is C30H39N5O3. The summed E-state index contributed by atoms with van der Waals surface area (Å²) in [5, 5.41) is 9.46. The van der Waals surface area contributed by atoms with Crippen LogP contribution in [0.15, 0.2) is 30.5 Å². The molecule has 4 heterocycles. The van der Waals surface area contributed by atoms with Gasteiger partial charge in [-0.25, -0.2) is 4.98 Å². The lowest BCUT2D eigenvalue weighted by Crippen LogP contribution is -2.50. The summed E-state index contributed by atoms with van der Waals surface area (Å²) in [6, 6.07) is 8.29. The SMILES string of the molecule is CC1CC(C)C(CNC(=O)c2cc3c(c(-c4ccc(N5CCNCC5)nc4)c2)OC2(CCCC2)C3)C(=O)N1. The monoisotopic (exact) mass is 517 g/mol. The molecule has 4 aliphatic rings. The van der Waals surface area contributed by atoms with Crippen molar-refractivity contribution in [1.82, 2.24) is 20.9 Å². The van der Waals surface area contributed by atoms with Crippen LogP contribution in [0.1, 0.15) is 61.9 Å². The number of piperazine rings is 1. The second-order valence-electron chi connectivity index (χ2n) is 11.8. The topological polar surface area (TPSA) is 95.6 Å². The third-order valence-corrected chi connectivity index (χ3v) is 8.89. The molecule has 3 unspecified atom stereocenters. The van der Waals surface area contributed by atoms with Gasteiger partial charge >= 0.3 is 0 Å². The Bertz CT molecular complexity index is 1200. The molecule has 202 valence electrons. The molecule has 8 heteroatoms. The van der Waals surface area contributed by atoms with E-state index in [1.54, 1.807) is 0 Å². The van der Waals surface area contributed by atoms with Crippen molar-refractivity contribution in [2.24, 2.45) is 11.8 Å². The number of carbonyl (C=O) groups excluding carboxylic acids is 2. The highest BCUT2D eigenvalue weighted by Crippen LogP contribution is 2.49. The number of aromatic nitrogens is 1. The third kappa shape index (κ3) is 4.86. The van der Waals surface area contributed by atoms with Gasteiger partial charge in [0.1, 0.15) is 17.2 Å². The number of hydrogen-bond donors (Lipinski definition) is 3. The molecule has 3 fully saturated rings. The van der Waals surface area contributed by atoms with Gasteiger partial charge < -0.3 is 25.6 Å². The van der Waals surface area contributed by atoms with Crippen molar-refractivity contribution in [3.63, 3.8) is 0 Å². The van der Waals surface area contributed by atoms with Crippen LogP contribution in [0.2, 0.25) is 0 Å². The summed E-state index contributed by atoms with van der Waals surface area (Å²) in [6.07, 6.45) is 8.13. The molecule has 0 bridgehead atoms. The van der Waals surface area contributed by atoms with Crippen LogP contribution in [0, 0.1) is 11.8 Å². The number of fused-ring (bicyclic) bond motifs is 1. The molecule has 1 spiro atoms. The van der Waals surface area contributed by atoms with E-state index in [4.69, 9.17) is 9.72 Å². The summed E-state index contributed by atoms with van der Waals surface area (Å²) in [4.78, 5) is 33.0. The zero-order valence-electron chi connectivity index (χ0n) is 22.5. The van der Waals surface area contributed by atoms with Crippen LogP contribution in [0.4, 0.5) is 5.82 Å². The van der Waals surface area contributed by atoms with Crippen LogP contribution < -0.4 is 25.6 Å². The smallest absolute Gasteiger partial charge is 0.251 e. The van der Waals surface area contributed by atoms with Gasteiger partial charge in [0, 0.05) is 68.1 Å². The van der Waals surface area contributed by atoms with Crippen LogP contribution in [0.25, 0.3) is 11.1 Å². The number of piperidine rings is 1. The lowest BCUT2D eigenvalue weighted by molar-refractivity contribution is -0.129. The van der Waals surface area contributed by atoms with Crippen molar-refractivity contribution in [3.05, 3.63) is 41.6 Å². The summed E-state index contributed by atoms with van der Waals surface area (Å²) in [6.45, 7) is 8.27.